The van der Waals surface area contributed by atoms with Gasteiger partial charge >= 0.3 is 0 Å². The molecule has 2 aromatic heterocycles. The molecule has 0 aliphatic heterocycles. The van der Waals surface area contributed by atoms with Crippen LogP contribution in [-0.4, -0.2) is 23.3 Å². The van der Waals surface area contributed by atoms with Crippen molar-refractivity contribution < 1.29 is 9.15 Å². The van der Waals surface area contributed by atoms with Gasteiger partial charge in [0.05, 0.1) is 18.1 Å². The number of rotatable bonds is 3. The number of ether oxygens (including phenoxy) is 1. The molecule has 0 radical (unpaired) electrons. The van der Waals surface area contributed by atoms with E-state index in [0.717, 1.165) is 0 Å². The van der Waals surface area contributed by atoms with Crippen molar-refractivity contribution in [3.8, 4) is 5.75 Å². The van der Waals surface area contributed by atoms with Gasteiger partial charge < -0.3 is 14.1 Å². The molecule has 8 heteroatoms. The average molecular weight is 329 g/mol. The maximum Gasteiger partial charge on any atom is 0.253 e. The zero-order valence-corrected chi connectivity index (χ0v) is 12.8. The van der Waals surface area contributed by atoms with Crippen molar-refractivity contribution in [1.29, 1.82) is 0 Å². The molecule has 2 heterocycles. The van der Waals surface area contributed by atoms with E-state index in [9.17, 15) is 9.59 Å². The summed E-state index contributed by atoms with van der Waals surface area (Å²) in [5.41, 5.74) is 0.0578. The van der Waals surface area contributed by atoms with Gasteiger partial charge in [0.2, 0.25) is 5.43 Å². The van der Waals surface area contributed by atoms with Gasteiger partial charge in [-0.15, -0.1) is 0 Å². The highest BCUT2D eigenvalue weighted by Gasteiger charge is 2.06. The number of H-pyrrole nitrogens is 2. The first-order chi connectivity index (χ1) is 11.1. The van der Waals surface area contributed by atoms with Crippen molar-refractivity contribution in [3.05, 3.63) is 61.4 Å². The normalized spacial score (nSPS) is 11.2. The quantitative estimate of drug-likeness (QED) is 0.567. The predicted molar refractivity (Wildman–Crippen MR) is 88.5 cm³/mol. The van der Waals surface area contributed by atoms with Gasteiger partial charge in [0, 0.05) is 12.3 Å². The fourth-order valence-corrected chi connectivity index (χ4v) is 2.21. The van der Waals surface area contributed by atoms with Crippen LogP contribution >= 0.6 is 12.2 Å². The first-order valence-electron chi connectivity index (χ1n) is 6.54. The van der Waals surface area contributed by atoms with Crippen molar-refractivity contribution in [2.24, 2.45) is 4.99 Å². The second-order valence-electron chi connectivity index (χ2n) is 4.61. The molecule has 23 heavy (non-hydrogen) atoms. The number of hydrogen-bond donors (Lipinski definition) is 2. The van der Waals surface area contributed by atoms with Crippen LogP contribution in [0, 0.1) is 4.77 Å². The van der Waals surface area contributed by atoms with Crippen LogP contribution in [-0.2, 0) is 0 Å². The monoisotopic (exact) mass is 329 g/mol. The molecule has 0 saturated carbocycles. The zero-order chi connectivity index (χ0) is 16.4. The summed E-state index contributed by atoms with van der Waals surface area (Å²) in [6, 6.07) is 6.19. The van der Waals surface area contributed by atoms with Crippen LogP contribution < -0.4 is 15.7 Å². The van der Waals surface area contributed by atoms with Crippen LogP contribution in [0.1, 0.15) is 5.56 Å². The third-order valence-electron chi connectivity index (χ3n) is 3.10. The average Bonchev–Trinajstić information content (AvgIpc) is 2.53. The highest BCUT2D eigenvalue weighted by Crippen LogP contribution is 2.18. The highest BCUT2D eigenvalue weighted by atomic mass is 32.1. The summed E-state index contributed by atoms with van der Waals surface area (Å²) >= 11 is 4.86. The maximum absolute atomic E-state index is 12.4. The lowest BCUT2D eigenvalue weighted by atomic mass is 10.2. The van der Waals surface area contributed by atoms with E-state index in [0.29, 0.717) is 16.7 Å². The van der Waals surface area contributed by atoms with E-state index in [-0.39, 0.29) is 27.1 Å². The van der Waals surface area contributed by atoms with E-state index < -0.39 is 0 Å². The molecule has 0 fully saturated rings. The molecule has 116 valence electrons. The minimum atomic E-state index is -0.379. The lowest BCUT2D eigenvalue weighted by Crippen LogP contribution is -2.08. The second kappa shape index (κ2) is 6.01. The Morgan fingerprint density at radius 1 is 1.26 bits per heavy atom. The summed E-state index contributed by atoms with van der Waals surface area (Å²) in [5.74, 6) is 0.793. The summed E-state index contributed by atoms with van der Waals surface area (Å²) in [4.78, 5) is 32.9. The minimum Gasteiger partial charge on any atom is -0.497 e. The molecule has 3 rings (SSSR count). The van der Waals surface area contributed by atoms with Gasteiger partial charge in [-0.2, -0.15) is 0 Å². The molecule has 0 aliphatic rings. The molecule has 2 N–H and O–H groups in total. The molecule has 1 aromatic carbocycles. The van der Waals surface area contributed by atoms with Crippen LogP contribution in [0.15, 0.2) is 49.5 Å². The molecule has 0 unspecified atom stereocenters. The number of benzene rings is 1. The first-order valence-corrected chi connectivity index (χ1v) is 6.95. The largest absolute Gasteiger partial charge is 0.497 e. The van der Waals surface area contributed by atoms with Crippen LogP contribution in [0.5, 0.6) is 5.75 Å². The Morgan fingerprint density at radius 3 is 2.83 bits per heavy atom. The Labute approximate surface area is 134 Å². The third kappa shape index (κ3) is 3.11. The topological polar surface area (TPSA) is 100 Å². The smallest absolute Gasteiger partial charge is 0.253 e. The van der Waals surface area contributed by atoms with E-state index in [4.69, 9.17) is 21.4 Å². The number of methoxy groups -OCH3 is 1. The van der Waals surface area contributed by atoms with Crippen molar-refractivity contribution in [1.82, 2.24) is 9.97 Å². The number of nitrogens with zero attached hydrogens (tertiary/aromatic N) is 1. The zero-order valence-electron chi connectivity index (χ0n) is 12.0. The van der Waals surface area contributed by atoms with E-state index in [1.807, 2.05) is 0 Å². The van der Waals surface area contributed by atoms with Gasteiger partial charge in [0.25, 0.3) is 5.56 Å². The van der Waals surface area contributed by atoms with Gasteiger partial charge in [-0.3, -0.25) is 14.6 Å². The van der Waals surface area contributed by atoms with Gasteiger partial charge in [0.15, 0.2) is 4.77 Å². The van der Waals surface area contributed by atoms with Crippen molar-refractivity contribution >= 4 is 35.2 Å². The number of aliphatic imine (C=N–C) groups is 1. The molecule has 7 nitrogen and oxygen atoms in total. The van der Waals surface area contributed by atoms with Gasteiger partial charge in [-0.25, -0.2) is 4.99 Å². The van der Waals surface area contributed by atoms with Gasteiger partial charge in [-0.1, -0.05) is 0 Å². The number of fused-ring (bicyclic) bond motifs is 1. The second-order valence-corrected chi connectivity index (χ2v) is 5.02. The summed E-state index contributed by atoms with van der Waals surface area (Å²) in [6.07, 6.45) is 2.62. The third-order valence-corrected chi connectivity index (χ3v) is 3.30. The standard InChI is InChI=1S/C15H11N3O4S/c1-21-9-2-3-11-10(4-9)14(20)8(7-22-11)6-16-12-5-13(19)18-15(23)17-12/h2-7H,1H3,(H2,17,18,19,23). The van der Waals surface area contributed by atoms with E-state index in [2.05, 4.69) is 15.0 Å². The number of aromatic nitrogens is 2. The molecule has 0 saturated heterocycles. The summed E-state index contributed by atoms with van der Waals surface area (Å²) in [6.45, 7) is 0. The molecule has 3 aromatic rings. The Hall–Kier alpha value is -3.00. The van der Waals surface area contributed by atoms with Crippen LogP contribution in [0.2, 0.25) is 0 Å². The Bertz CT molecular complexity index is 1050. The maximum atomic E-state index is 12.4. The van der Waals surface area contributed by atoms with E-state index >= 15 is 0 Å². The molecule has 0 aliphatic carbocycles. The number of hydrogen-bond acceptors (Lipinski definition) is 6. The molecule has 0 amide bonds. The van der Waals surface area contributed by atoms with Crippen LogP contribution in [0.4, 0.5) is 5.82 Å². The number of aromatic amines is 2. The lowest BCUT2D eigenvalue weighted by Gasteiger charge is -2.02. The van der Waals surface area contributed by atoms with Crippen molar-refractivity contribution in [2.45, 2.75) is 0 Å². The predicted octanol–water partition coefficient (Wildman–Crippen LogP) is 2.30. The van der Waals surface area contributed by atoms with Crippen LogP contribution in [0.25, 0.3) is 11.0 Å². The fourth-order valence-electron chi connectivity index (χ4n) is 2.01. The Balaban J connectivity index is 2.07. The van der Waals surface area contributed by atoms with Crippen molar-refractivity contribution in [3.63, 3.8) is 0 Å². The minimum absolute atomic E-state index is 0.153. The summed E-state index contributed by atoms with van der Waals surface area (Å²) in [5, 5.41) is 0.382. The van der Waals surface area contributed by atoms with Crippen LogP contribution in [0.3, 0.4) is 0 Å². The van der Waals surface area contributed by atoms with E-state index in [1.54, 1.807) is 18.2 Å². The Morgan fingerprint density at radius 2 is 2.09 bits per heavy atom. The Kier molecular flexibility index (Phi) is 3.90. The molecule has 0 atom stereocenters. The summed E-state index contributed by atoms with van der Waals surface area (Å²) < 4.78 is 10.7. The molecule has 0 spiro atoms. The highest BCUT2D eigenvalue weighted by molar-refractivity contribution is 7.71. The molecule has 0 bridgehead atoms. The first kappa shape index (κ1) is 14.9. The fraction of sp³-hybridized carbons (Fsp3) is 0.0667. The molecular weight excluding hydrogens is 318 g/mol. The van der Waals surface area contributed by atoms with Crippen molar-refractivity contribution in [2.75, 3.05) is 7.11 Å². The molecular formula is C15H11N3O4S. The van der Waals surface area contributed by atoms with Gasteiger partial charge in [-0.05, 0) is 30.4 Å². The lowest BCUT2D eigenvalue weighted by molar-refractivity contribution is 0.415. The SMILES string of the molecule is COc1ccc2occ(C=Nc3cc(=O)[nH]c(=S)[nH]3)c(=O)c2c1. The van der Waals surface area contributed by atoms with Gasteiger partial charge in [0.1, 0.15) is 23.4 Å². The number of nitrogens with one attached hydrogen (secondary N) is 2. The van der Waals surface area contributed by atoms with E-state index in [1.165, 1.54) is 25.7 Å². The summed E-state index contributed by atoms with van der Waals surface area (Å²) in [7, 11) is 1.52.